The molecule has 0 fully saturated rings. The zero-order chi connectivity index (χ0) is 13.4. The highest BCUT2D eigenvalue weighted by atomic mass is 16.5. The van der Waals surface area contributed by atoms with Crippen LogP contribution in [0.2, 0.25) is 0 Å². The summed E-state index contributed by atoms with van der Waals surface area (Å²) in [5.41, 5.74) is 6.55. The number of nitrogens with two attached hydrogens (primary N) is 1. The van der Waals surface area contributed by atoms with Gasteiger partial charge in [0.25, 0.3) is 0 Å². The molecular weight excluding hydrogens is 230 g/mol. The number of aliphatic imine (C=N–C) groups is 1. The maximum absolute atomic E-state index is 5.80. The second kappa shape index (κ2) is 7.42. The summed E-state index contributed by atoms with van der Waals surface area (Å²) in [6.07, 6.45) is 2.12. The Labute approximate surface area is 108 Å². The molecule has 100 valence electrons. The molecule has 0 heterocycles. The quantitative estimate of drug-likeness (QED) is 0.462. The highest BCUT2D eigenvalue weighted by molar-refractivity contribution is 5.93. The summed E-state index contributed by atoms with van der Waals surface area (Å²) in [5, 5.41) is 3.02. The highest BCUT2D eigenvalue weighted by Gasteiger charge is 2.05. The molecule has 18 heavy (non-hydrogen) atoms. The third-order valence-corrected chi connectivity index (χ3v) is 2.46. The first-order valence-corrected chi connectivity index (χ1v) is 6.00. The number of guanidine groups is 1. The summed E-state index contributed by atoms with van der Waals surface area (Å²) < 4.78 is 10.4. The molecular formula is C13H21N3O2. The number of hydrogen-bond donors (Lipinski definition) is 2. The summed E-state index contributed by atoms with van der Waals surface area (Å²) in [7, 11) is 3.22. The summed E-state index contributed by atoms with van der Waals surface area (Å²) in [4.78, 5) is 4.23. The molecule has 3 N–H and O–H groups in total. The van der Waals surface area contributed by atoms with E-state index in [0.29, 0.717) is 11.7 Å². The molecule has 0 spiro atoms. The molecule has 0 aromatic heterocycles. The lowest BCUT2D eigenvalue weighted by atomic mass is 10.2. The minimum absolute atomic E-state index is 0.384. The number of anilines is 1. The summed E-state index contributed by atoms with van der Waals surface area (Å²) in [6.45, 7) is 2.84. The molecule has 5 nitrogen and oxygen atoms in total. The van der Waals surface area contributed by atoms with Gasteiger partial charge in [-0.15, -0.1) is 0 Å². The minimum Gasteiger partial charge on any atom is -0.497 e. The number of nitrogens with zero attached hydrogens (tertiary/aromatic N) is 1. The van der Waals surface area contributed by atoms with Crippen molar-refractivity contribution in [3.8, 4) is 11.5 Å². The summed E-state index contributed by atoms with van der Waals surface area (Å²) >= 11 is 0. The van der Waals surface area contributed by atoms with E-state index in [4.69, 9.17) is 15.2 Å². The van der Waals surface area contributed by atoms with Gasteiger partial charge in [-0.3, -0.25) is 4.99 Å². The van der Waals surface area contributed by atoms with E-state index < -0.39 is 0 Å². The van der Waals surface area contributed by atoms with Crippen LogP contribution in [-0.4, -0.2) is 26.7 Å². The Morgan fingerprint density at radius 3 is 2.72 bits per heavy atom. The molecule has 0 aliphatic heterocycles. The van der Waals surface area contributed by atoms with Crippen molar-refractivity contribution in [1.82, 2.24) is 0 Å². The second-order valence-corrected chi connectivity index (χ2v) is 3.81. The fourth-order valence-corrected chi connectivity index (χ4v) is 1.45. The number of benzene rings is 1. The van der Waals surface area contributed by atoms with Crippen molar-refractivity contribution < 1.29 is 9.47 Å². The van der Waals surface area contributed by atoms with E-state index in [1.54, 1.807) is 14.2 Å². The lowest BCUT2D eigenvalue weighted by Crippen LogP contribution is -2.23. The van der Waals surface area contributed by atoms with Gasteiger partial charge >= 0.3 is 0 Å². The van der Waals surface area contributed by atoms with Crippen LogP contribution in [0.3, 0.4) is 0 Å². The zero-order valence-corrected chi connectivity index (χ0v) is 11.2. The van der Waals surface area contributed by atoms with Gasteiger partial charge in [-0.25, -0.2) is 0 Å². The van der Waals surface area contributed by atoms with E-state index >= 15 is 0 Å². The van der Waals surface area contributed by atoms with Gasteiger partial charge in [-0.2, -0.15) is 0 Å². The zero-order valence-electron chi connectivity index (χ0n) is 11.2. The third kappa shape index (κ3) is 4.16. The Morgan fingerprint density at radius 1 is 1.33 bits per heavy atom. The SMILES string of the molecule is CCCCN=C(N)Nc1cc(OC)ccc1OC. The van der Waals surface area contributed by atoms with Crippen molar-refractivity contribution in [2.24, 2.45) is 10.7 Å². The van der Waals surface area contributed by atoms with Crippen LogP contribution in [0.5, 0.6) is 11.5 Å². The number of rotatable bonds is 6. The lowest BCUT2D eigenvalue weighted by Gasteiger charge is -2.12. The maximum Gasteiger partial charge on any atom is 0.193 e. The molecule has 0 aliphatic rings. The van der Waals surface area contributed by atoms with E-state index in [0.717, 1.165) is 30.8 Å². The van der Waals surface area contributed by atoms with Crippen LogP contribution in [0.1, 0.15) is 19.8 Å². The molecule has 0 bridgehead atoms. The van der Waals surface area contributed by atoms with Crippen LogP contribution in [-0.2, 0) is 0 Å². The first kappa shape index (κ1) is 14.2. The van der Waals surface area contributed by atoms with Crippen LogP contribution in [0.15, 0.2) is 23.2 Å². The number of unbranched alkanes of at least 4 members (excludes halogenated alkanes) is 1. The van der Waals surface area contributed by atoms with E-state index in [1.807, 2.05) is 18.2 Å². The maximum atomic E-state index is 5.80. The Morgan fingerprint density at radius 2 is 2.11 bits per heavy atom. The van der Waals surface area contributed by atoms with Crippen LogP contribution in [0.4, 0.5) is 5.69 Å². The Bertz CT molecular complexity index is 405. The summed E-state index contributed by atoms with van der Waals surface area (Å²) in [6, 6.07) is 5.47. The summed E-state index contributed by atoms with van der Waals surface area (Å²) in [5.74, 6) is 1.82. The van der Waals surface area contributed by atoms with E-state index in [1.165, 1.54) is 0 Å². The van der Waals surface area contributed by atoms with Gasteiger partial charge in [0, 0.05) is 12.6 Å². The minimum atomic E-state index is 0.384. The Balaban J connectivity index is 2.78. The van der Waals surface area contributed by atoms with Gasteiger partial charge in [0.15, 0.2) is 5.96 Å². The first-order chi connectivity index (χ1) is 8.71. The standard InChI is InChI=1S/C13H21N3O2/c1-4-5-8-15-13(14)16-11-9-10(17-2)6-7-12(11)18-3/h6-7,9H,4-5,8H2,1-3H3,(H3,14,15,16). The van der Waals surface area contributed by atoms with Gasteiger partial charge in [-0.1, -0.05) is 13.3 Å². The fraction of sp³-hybridized carbons (Fsp3) is 0.462. The van der Waals surface area contributed by atoms with Gasteiger partial charge in [0.2, 0.25) is 0 Å². The number of hydrogen-bond acceptors (Lipinski definition) is 3. The predicted octanol–water partition coefficient (Wildman–Crippen LogP) is 2.23. The van der Waals surface area contributed by atoms with Gasteiger partial charge in [-0.05, 0) is 18.6 Å². The van der Waals surface area contributed by atoms with Gasteiger partial charge in [0.1, 0.15) is 11.5 Å². The van der Waals surface area contributed by atoms with E-state index in [9.17, 15) is 0 Å². The van der Waals surface area contributed by atoms with Crippen molar-refractivity contribution >= 4 is 11.6 Å². The molecule has 0 amide bonds. The molecule has 0 saturated carbocycles. The largest absolute Gasteiger partial charge is 0.497 e. The van der Waals surface area contributed by atoms with Crippen LogP contribution >= 0.6 is 0 Å². The monoisotopic (exact) mass is 251 g/mol. The second-order valence-electron chi connectivity index (χ2n) is 3.81. The molecule has 0 saturated heterocycles. The number of methoxy groups -OCH3 is 2. The number of nitrogens with one attached hydrogen (secondary N) is 1. The number of ether oxygens (including phenoxy) is 2. The average molecular weight is 251 g/mol. The molecule has 1 rings (SSSR count). The van der Waals surface area contributed by atoms with Gasteiger partial charge in [0.05, 0.1) is 19.9 Å². The van der Waals surface area contributed by atoms with E-state index in [-0.39, 0.29) is 0 Å². The van der Waals surface area contributed by atoms with Crippen LogP contribution < -0.4 is 20.5 Å². The molecule has 1 aromatic carbocycles. The molecule has 5 heteroatoms. The van der Waals surface area contributed by atoms with Crippen LogP contribution in [0.25, 0.3) is 0 Å². The molecule has 0 radical (unpaired) electrons. The normalized spacial score (nSPS) is 11.2. The Kier molecular flexibility index (Phi) is 5.84. The van der Waals surface area contributed by atoms with Crippen molar-refractivity contribution in [3.05, 3.63) is 18.2 Å². The predicted molar refractivity (Wildman–Crippen MR) is 74.6 cm³/mol. The van der Waals surface area contributed by atoms with Crippen LogP contribution in [0, 0.1) is 0 Å². The Hall–Kier alpha value is -1.91. The highest BCUT2D eigenvalue weighted by Crippen LogP contribution is 2.28. The smallest absolute Gasteiger partial charge is 0.193 e. The fourth-order valence-electron chi connectivity index (χ4n) is 1.45. The molecule has 1 aromatic rings. The average Bonchev–Trinajstić information content (AvgIpc) is 2.39. The van der Waals surface area contributed by atoms with Gasteiger partial charge < -0.3 is 20.5 Å². The first-order valence-electron chi connectivity index (χ1n) is 6.00. The van der Waals surface area contributed by atoms with Crippen molar-refractivity contribution in [1.29, 1.82) is 0 Å². The molecule has 0 atom stereocenters. The van der Waals surface area contributed by atoms with Crippen molar-refractivity contribution in [2.45, 2.75) is 19.8 Å². The third-order valence-electron chi connectivity index (χ3n) is 2.46. The lowest BCUT2D eigenvalue weighted by molar-refractivity contribution is 0.405. The van der Waals surface area contributed by atoms with E-state index in [2.05, 4.69) is 17.2 Å². The molecule has 0 unspecified atom stereocenters. The van der Waals surface area contributed by atoms with Crippen molar-refractivity contribution in [2.75, 3.05) is 26.1 Å². The molecule has 0 aliphatic carbocycles. The van der Waals surface area contributed by atoms with Crippen molar-refractivity contribution in [3.63, 3.8) is 0 Å². The topological polar surface area (TPSA) is 68.9 Å².